The molecule has 5 nitrogen and oxygen atoms in total. The molecule has 92 valence electrons. The Morgan fingerprint density at radius 3 is 2.35 bits per heavy atom. The van der Waals surface area contributed by atoms with Crippen molar-refractivity contribution >= 4 is 11.9 Å². The summed E-state index contributed by atoms with van der Waals surface area (Å²) >= 11 is 0. The van der Waals surface area contributed by atoms with Gasteiger partial charge in [0.05, 0.1) is 0 Å². The highest BCUT2D eigenvalue weighted by Gasteiger charge is 2.15. The molecule has 1 unspecified atom stereocenters. The summed E-state index contributed by atoms with van der Waals surface area (Å²) < 4.78 is 4.88. The van der Waals surface area contributed by atoms with E-state index in [4.69, 9.17) is 9.84 Å². The van der Waals surface area contributed by atoms with E-state index in [9.17, 15) is 9.59 Å². The van der Waals surface area contributed by atoms with Crippen LogP contribution in [0.25, 0.3) is 0 Å². The van der Waals surface area contributed by atoms with Crippen molar-refractivity contribution in [3.8, 4) is 5.75 Å². The van der Waals surface area contributed by atoms with Gasteiger partial charge < -0.3 is 15.2 Å². The van der Waals surface area contributed by atoms with Crippen molar-refractivity contribution in [1.29, 1.82) is 0 Å². The molecule has 1 aromatic carbocycles. The summed E-state index contributed by atoms with van der Waals surface area (Å²) in [6.07, 6.45) is 0.381. The molecule has 17 heavy (non-hydrogen) atoms. The summed E-state index contributed by atoms with van der Waals surface area (Å²) in [4.78, 5) is 21.5. The number of benzene rings is 1. The van der Waals surface area contributed by atoms with Crippen molar-refractivity contribution in [3.05, 3.63) is 29.8 Å². The second-order valence-corrected chi connectivity index (χ2v) is 3.62. The van der Waals surface area contributed by atoms with Gasteiger partial charge in [-0.1, -0.05) is 12.1 Å². The Bertz CT molecular complexity index is 399. The maximum Gasteiger partial charge on any atom is 0.321 e. The summed E-state index contributed by atoms with van der Waals surface area (Å²) in [5, 5.41) is 11.6. The molecule has 1 atom stereocenters. The summed E-state index contributed by atoms with van der Waals surface area (Å²) in [7, 11) is 1.60. The fourth-order valence-electron chi connectivity index (χ4n) is 1.41. The molecule has 0 radical (unpaired) electrons. The predicted molar refractivity (Wildman–Crippen MR) is 61.9 cm³/mol. The number of nitrogens with one attached hydrogen (secondary N) is 1. The Balaban J connectivity index is 2.67. The summed E-state index contributed by atoms with van der Waals surface area (Å²) in [6, 6.07) is 6.16. The van der Waals surface area contributed by atoms with E-state index in [0.29, 0.717) is 12.2 Å². The van der Waals surface area contributed by atoms with Crippen molar-refractivity contribution < 1.29 is 19.4 Å². The quantitative estimate of drug-likeness (QED) is 0.586. The lowest BCUT2D eigenvalue weighted by atomic mass is 10.1. The summed E-state index contributed by atoms with van der Waals surface area (Å²) in [6.45, 7) is 1.33. The van der Waals surface area contributed by atoms with E-state index in [-0.39, 0.29) is 5.97 Å². The van der Waals surface area contributed by atoms with Gasteiger partial charge in [-0.3, -0.25) is 9.59 Å². The van der Waals surface area contributed by atoms with Gasteiger partial charge in [-0.15, -0.1) is 0 Å². The van der Waals surface area contributed by atoms with Crippen molar-refractivity contribution in [2.45, 2.75) is 19.4 Å². The van der Waals surface area contributed by atoms with Crippen LogP contribution >= 0.6 is 0 Å². The van der Waals surface area contributed by atoms with Crippen LogP contribution in [0, 0.1) is 0 Å². The fraction of sp³-hybridized carbons (Fsp3) is 0.333. The highest BCUT2D eigenvalue weighted by molar-refractivity contribution is 5.74. The molecule has 0 aliphatic heterocycles. The van der Waals surface area contributed by atoms with Crippen LogP contribution in [0.2, 0.25) is 0 Å². The van der Waals surface area contributed by atoms with Crippen molar-refractivity contribution in [1.82, 2.24) is 5.32 Å². The molecule has 5 heteroatoms. The number of aliphatic carboxylic acids is 1. The number of carboxylic acid groups (broad SMARTS) is 1. The zero-order valence-electron chi connectivity index (χ0n) is 9.77. The van der Waals surface area contributed by atoms with Gasteiger partial charge in [0, 0.05) is 6.92 Å². The SMILES string of the molecule is CNC(Cc1ccc(OC(C)=O)cc1)C(=O)O. The minimum absolute atomic E-state index is 0.378. The summed E-state index contributed by atoms with van der Waals surface area (Å²) in [5.41, 5.74) is 0.864. The van der Waals surface area contributed by atoms with Crippen molar-refractivity contribution in [3.63, 3.8) is 0 Å². The van der Waals surface area contributed by atoms with E-state index in [1.165, 1.54) is 6.92 Å². The largest absolute Gasteiger partial charge is 0.480 e. The normalized spacial score (nSPS) is 11.9. The third kappa shape index (κ3) is 4.24. The zero-order chi connectivity index (χ0) is 12.8. The lowest BCUT2D eigenvalue weighted by Crippen LogP contribution is -2.35. The third-order valence-electron chi connectivity index (χ3n) is 2.27. The molecule has 0 spiro atoms. The van der Waals surface area contributed by atoms with Crippen molar-refractivity contribution in [2.24, 2.45) is 0 Å². The van der Waals surface area contributed by atoms with Crippen molar-refractivity contribution in [2.75, 3.05) is 7.05 Å². The number of ether oxygens (including phenoxy) is 1. The number of hydrogen-bond acceptors (Lipinski definition) is 4. The molecular formula is C12H15NO4. The Kier molecular flexibility index (Phi) is 4.66. The molecule has 0 aromatic heterocycles. The first-order valence-corrected chi connectivity index (χ1v) is 5.20. The molecule has 0 amide bonds. The number of hydrogen-bond donors (Lipinski definition) is 2. The topological polar surface area (TPSA) is 75.6 Å². The molecule has 0 bridgehead atoms. The molecule has 0 aliphatic rings. The Morgan fingerprint density at radius 1 is 1.35 bits per heavy atom. The standard InChI is InChI=1S/C12H15NO4/c1-8(14)17-10-5-3-9(4-6-10)7-11(13-2)12(15)16/h3-6,11,13H,7H2,1-2H3,(H,15,16). The van der Waals surface area contributed by atoms with Gasteiger partial charge in [-0.25, -0.2) is 0 Å². The third-order valence-corrected chi connectivity index (χ3v) is 2.27. The minimum atomic E-state index is -0.892. The van der Waals surface area contributed by atoms with Crippen LogP contribution in [0.4, 0.5) is 0 Å². The van der Waals surface area contributed by atoms with Gasteiger partial charge >= 0.3 is 11.9 Å². The predicted octanol–water partition coefficient (Wildman–Crippen LogP) is 0.827. The van der Waals surface area contributed by atoms with E-state index in [1.54, 1.807) is 31.3 Å². The maximum absolute atomic E-state index is 10.8. The Labute approximate surface area is 99.4 Å². The van der Waals surface area contributed by atoms with Crippen LogP contribution in [-0.2, 0) is 16.0 Å². The number of carboxylic acids is 1. The van der Waals surface area contributed by atoms with Crippen LogP contribution in [0.15, 0.2) is 24.3 Å². The van der Waals surface area contributed by atoms with Gasteiger partial charge in [0.15, 0.2) is 0 Å². The van der Waals surface area contributed by atoms with Crippen LogP contribution in [-0.4, -0.2) is 30.1 Å². The first-order valence-electron chi connectivity index (χ1n) is 5.20. The smallest absolute Gasteiger partial charge is 0.321 e. The van der Waals surface area contributed by atoms with Gasteiger partial charge in [0.1, 0.15) is 11.8 Å². The molecule has 0 heterocycles. The lowest BCUT2D eigenvalue weighted by Gasteiger charge is -2.11. The first kappa shape index (κ1) is 13.2. The number of likely N-dealkylation sites (N-methyl/N-ethyl adjacent to an activating group) is 1. The Hall–Kier alpha value is -1.88. The molecule has 0 fully saturated rings. The number of rotatable bonds is 5. The van der Waals surface area contributed by atoms with Gasteiger partial charge in [0.2, 0.25) is 0 Å². The molecule has 0 saturated carbocycles. The minimum Gasteiger partial charge on any atom is -0.480 e. The van der Waals surface area contributed by atoms with E-state index >= 15 is 0 Å². The maximum atomic E-state index is 10.8. The summed E-state index contributed by atoms with van der Waals surface area (Å²) in [5.74, 6) is -0.814. The van der Waals surface area contributed by atoms with Gasteiger partial charge in [0.25, 0.3) is 0 Å². The van der Waals surface area contributed by atoms with E-state index in [1.807, 2.05) is 0 Å². The molecule has 1 aromatic rings. The van der Waals surface area contributed by atoms with Gasteiger partial charge in [-0.2, -0.15) is 0 Å². The molecule has 2 N–H and O–H groups in total. The second-order valence-electron chi connectivity index (χ2n) is 3.62. The first-order chi connectivity index (χ1) is 8.02. The van der Waals surface area contributed by atoms with Gasteiger partial charge in [-0.05, 0) is 31.2 Å². The average molecular weight is 237 g/mol. The average Bonchev–Trinajstić information content (AvgIpc) is 2.26. The molecule has 0 saturated heterocycles. The second kappa shape index (κ2) is 6.00. The van der Waals surface area contributed by atoms with Crippen LogP contribution < -0.4 is 10.1 Å². The highest BCUT2D eigenvalue weighted by Crippen LogP contribution is 2.13. The van der Waals surface area contributed by atoms with Crippen LogP contribution in [0.5, 0.6) is 5.75 Å². The molecule has 1 rings (SSSR count). The highest BCUT2D eigenvalue weighted by atomic mass is 16.5. The number of esters is 1. The zero-order valence-corrected chi connectivity index (χ0v) is 9.77. The number of carbonyl (C=O) groups excluding carboxylic acids is 1. The van der Waals surface area contributed by atoms with E-state index in [2.05, 4.69) is 5.32 Å². The van der Waals surface area contributed by atoms with Crippen LogP contribution in [0.3, 0.4) is 0 Å². The fourth-order valence-corrected chi connectivity index (χ4v) is 1.41. The lowest BCUT2D eigenvalue weighted by molar-refractivity contribution is -0.139. The number of carbonyl (C=O) groups is 2. The Morgan fingerprint density at radius 2 is 1.94 bits per heavy atom. The molecular weight excluding hydrogens is 222 g/mol. The molecule has 0 aliphatic carbocycles. The van der Waals surface area contributed by atoms with Crippen LogP contribution in [0.1, 0.15) is 12.5 Å². The van der Waals surface area contributed by atoms with E-state index < -0.39 is 12.0 Å². The monoisotopic (exact) mass is 237 g/mol. The van der Waals surface area contributed by atoms with E-state index in [0.717, 1.165) is 5.56 Å².